The van der Waals surface area contributed by atoms with E-state index in [0.29, 0.717) is 16.4 Å². The molecule has 6 heteroatoms. The first-order valence-electron chi connectivity index (χ1n) is 4.51. The standard InChI is InChI=1S/C10H8ClN3O2/c1-6-9(10(15)16)13-14(12-6)8-5-3-2-4-7(8)11/h2-5H,1H3,(H,15,16). The van der Waals surface area contributed by atoms with Crippen LogP contribution in [0.4, 0.5) is 0 Å². The van der Waals surface area contributed by atoms with Crippen LogP contribution in [0.2, 0.25) is 5.02 Å². The van der Waals surface area contributed by atoms with Gasteiger partial charge < -0.3 is 5.11 Å². The van der Waals surface area contributed by atoms with E-state index in [1.54, 1.807) is 31.2 Å². The Kier molecular flexibility index (Phi) is 2.62. The smallest absolute Gasteiger partial charge is 0.358 e. The molecule has 0 unspecified atom stereocenters. The van der Waals surface area contributed by atoms with Crippen LogP contribution in [0.5, 0.6) is 0 Å². The van der Waals surface area contributed by atoms with Crippen LogP contribution >= 0.6 is 11.6 Å². The van der Waals surface area contributed by atoms with Crippen LogP contribution in [-0.2, 0) is 0 Å². The number of aromatic carboxylic acids is 1. The Bertz CT molecular complexity index is 551. The summed E-state index contributed by atoms with van der Waals surface area (Å²) in [4.78, 5) is 12.0. The predicted molar refractivity (Wildman–Crippen MR) is 58.1 cm³/mol. The molecule has 0 bridgehead atoms. The van der Waals surface area contributed by atoms with E-state index in [-0.39, 0.29) is 5.69 Å². The molecule has 1 aromatic heterocycles. The van der Waals surface area contributed by atoms with E-state index in [9.17, 15) is 4.79 Å². The Balaban J connectivity index is 2.54. The van der Waals surface area contributed by atoms with Crippen molar-refractivity contribution in [2.75, 3.05) is 0 Å². The number of benzene rings is 1. The summed E-state index contributed by atoms with van der Waals surface area (Å²) in [7, 11) is 0. The second kappa shape index (κ2) is 3.94. The van der Waals surface area contributed by atoms with Crippen LogP contribution in [0.15, 0.2) is 24.3 Å². The summed E-state index contributed by atoms with van der Waals surface area (Å²) >= 11 is 5.95. The monoisotopic (exact) mass is 237 g/mol. The van der Waals surface area contributed by atoms with Crippen molar-refractivity contribution in [3.8, 4) is 5.69 Å². The van der Waals surface area contributed by atoms with Gasteiger partial charge in [0.15, 0.2) is 5.69 Å². The molecule has 0 aliphatic rings. The number of carboxylic acids is 1. The number of aromatic nitrogens is 3. The summed E-state index contributed by atoms with van der Waals surface area (Å²) < 4.78 is 0. The first-order valence-corrected chi connectivity index (χ1v) is 4.89. The van der Waals surface area contributed by atoms with Crippen LogP contribution in [0, 0.1) is 6.92 Å². The predicted octanol–water partition coefficient (Wildman–Crippen LogP) is 1.93. The van der Waals surface area contributed by atoms with Gasteiger partial charge in [0.2, 0.25) is 0 Å². The molecule has 0 spiro atoms. The second-order valence-corrected chi connectivity index (χ2v) is 3.59. The lowest BCUT2D eigenvalue weighted by Gasteiger charge is -2.00. The molecule has 0 aliphatic heterocycles. The van der Waals surface area contributed by atoms with Crippen molar-refractivity contribution >= 4 is 17.6 Å². The van der Waals surface area contributed by atoms with Gasteiger partial charge in [-0.15, -0.1) is 9.90 Å². The fraction of sp³-hybridized carbons (Fsp3) is 0.100. The number of carboxylic acid groups (broad SMARTS) is 1. The lowest BCUT2D eigenvalue weighted by molar-refractivity contribution is 0.0689. The summed E-state index contributed by atoms with van der Waals surface area (Å²) in [5.41, 5.74) is 0.840. The minimum Gasteiger partial charge on any atom is -0.476 e. The number of aryl methyl sites for hydroxylation is 1. The van der Waals surface area contributed by atoms with Crippen LogP contribution in [0.1, 0.15) is 16.2 Å². The van der Waals surface area contributed by atoms with Crippen LogP contribution < -0.4 is 0 Å². The number of hydrogen-bond donors (Lipinski definition) is 1. The summed E-state index contributed by atoms with van der Waals surface area (Å²) in [5.74, 6) is -1.10. The zero-order valence-electron chi connectivity index (χ0n) is 8.38. The zero-order valence-corrected chi connectivity index (χ0v) is 9.14. The molecule has 0 atom stereocenters. The van der Waals surface area contributed by atoms with Crippen molar-refractivity contribution in [1.82, 2.24) is 15.0 Å². The average Bonchev–Trinajstić information content (AvgIpc) is 2.61. The SMILES string of the molecule is Cc1nn(-c2ccccc2Cl)nc1C(=O)O. The lowest BCUT2D eigenvalue weighted by Crippen LogP contribution is -2.02. The number of hydrogen-bond acceptors (Lipinski definition) is 3. The average molecular weight is 238 g/mol. The van der Waals surface area contributed by atoms with E-state index in [1.807, 2.05) is 0 Å². The van der Waals surface area contributed by atoms with Crippen molar-refractivity contribution in [2.45, 2.75) is 6.92 Å². The highest BCUT2D eigenvalue weighted by Crippen LogP contribution is 2.18. The summed E-state index contributed by atoms with van der Waals surface area (Å²) in [6, 6.07) is 6.96. The van der Waals surface area contributed by atoms with Gasteiger partial charge in [-0.25, -0.2) is 4.79 Å². The molecule has 0 fully saturated rings. The Morgan fingerprint density at radius 2 is 2.06 bits per heavy atom. The van der Waals surface area contributed by atoms with Crippen molar-refractivity contribution < 1.29 is 9.90 Å². The van der Waals surface area contributed by atoms with Gasteiger partial charge in [0.05, 0.1) is 10.7 Å². The van der Waals surface area contributed by atoms with Gasteiger partial charge in [-0.1, -0.05) is 23.7 Å². The molecule has 0 amide bonds. The molecule has 5 nitrogen and oxygen atoms in total. The van der Waals surface area contributed by atoms with E-state index in [2.05, 4.69) is 10.2 Å². The topological polar surface area (TPSA) is 68.0 Å². The van der Waals surface area contributed by atoms with Gasteiger partial charge in [-0.05, 0) is 19.1 Å². The molecule has 1 aromatic carbocycles. The largest absolute Gasteiger partial charge is 0.476 e. The molecule has 1 N–H and O–H groups in total. The molecule has 2 rings (SSSR count). The Morgan fingerprint density at radius 1 is 1.38 bits per heavy atom. The number of nitrogens with zero attached hydrogens (tertiary/aromatic N) is 3. The highest BCUT2D eigenvalue weighted by Gasteiger charge is 2.15. The molecule has 0 aliphatic carbocycles. The zero-order chi connectivity index (χ0) is 11.7. The summed E-state index contributed by atoms with van der Waals surface area (Å²) in [5, 5.41) is 17.2. The van der Waals surface area contributed by atoms with Gasteiger partial charge >= 0.3 is 5.97 Å². The maximum atomic E-state index is 10.8. The van der Waals surface area contributed by atoms with Gasteiger partial charge in [0.25, 0.3) is 0 Å². The molecule has 2 aromatic rings. The van der Waals surface area contributed by atoms with Gasteiger partial charge in [-0.2, -0.15) is 5.10 Å². The summed E-state index contributed by atoms with van der Waals surface area (Å²) in [6.07, 6.45) is 0. The fourth-order valence-electron chi connectivity index (χ4n) is 1.30. The first kappa shape index (κ1) is 10.6. The number of halogens is 1. The van der Waals surface area contributed by atoms with Gasteiger partial charge in [0.1, 0.15) is 5.69 Å². The Hall–Kier alpha value is -1.88. The highest BCUT2D eigenvalue weighted by atomic mass is 35.5. The highest BCUT2D eigenvalue weighted by molar-refractivity contribution is 6.32. The molecule has 16 heavy (non-hydrogen) atoms. The minimum atomic E-state index is -1.10. The molecule has 1 heterocycles. The maximum Gasteiger partial charge on any atom is 0.358 e. The van der Waals surface area contributed by atoms with Crippen molar-refractivity contribution in [3.63, 3.8) is 0 Å². The number of rotatable bonds is 2. The third kappa shape index (κ3) is 1.77. The Labute approximate surface area is 96.3 Å². The molecule has 0 radical (unpaired) electrons. The third-order valence-corrected chi connectivity index (χ3v) is 2.37. The van der Waals surface area contributed by atoms with Crippen LogP contribution in [0.3, 0.4) is 0 Å². The fourth-order valence-corrected chi connectivity index (χ4v) is 1.51. The molecule has 82 valence electrons. The molecule has 0 saturated heterocycles. The molecular weight excluding hydrogens is 230 g/mol. The summed E-state index contributed by atoms with van der Waals surface area (Å²) in [6.45, 7) is 1.59. The second-order valence-electron chi connectivity index (χ2n) is 3.18. The normalized spacial score (nSPS) is 10.4. The quantitative estimate of drug-likeness (QED) is 0.867. The van der Waals surface area contributed by atoms with E-state index < -0.39 is 5.97 Å². The molecule has 0 saturated carbocycles. The van der Waals surface area contributed by atoms with Crippen LogP contribution in [0.25, 0.3) is 5.69 Å². The van der Waals surface area contributed by atoms with Gasteiger partial charge in [0, 0.05) is 0 Å². The maximum absolute atomic E-state index is 10.8. The third-order valence-electron chi connectivity index (χ3n) is 2.05. The van der Waals surface area contributed by atoms with E-state index >= 15 is 0 Å². The van der Waals surface area contributed by atoms with E-state index in [1.165, 1.54) is 4.80 Å². The Morgan fingerprint density at radius 3 is 2.62 bits per heavy atom. The number of carbonyl (C=O) groups is 1. The lowest BCUT2D eigenvalue weighted by atomic mass is 10.3. The van der Waals surface area contributed by atoms with Crippen molar-refractivity contribution in [3.05, 3.63) is 40.7 Å². The number of para-hydroxylation sites is 1. The van der Waals surface area contributed by atoms with Gasteiger partial charge in [-0.3, -0.25) is 0 Å². The first-order chi connectivity index (χ1) is 7.59. The molecular formula is C10H8ClN3O2. The minimum absolute atomic E-state index is 0.0695. The van der Waals surface area contributed by atoms with E-state index in [0.717, 1.165) is 0 Å². The van der Waals surface area contributed by atoms with Crippen molar-refractivity contribution in [1.29, 1.82) is 0 Å². The van der Waals surface area contributed by atoms with Crippen LogP contribution in [-0.4, -0.2) is 26.1 Å². The van der Waals surface area contributed by atoms with Crippen molar-refractivity contribution in [2.24, 2.45) is 0 Å². The van der Waals surface area contributed by atoms with E-state index in [4.69, 9.17) is 16.7 Å².